The van der Waals surface area contributed by atoms with E-state index in [0.29, 0.717) is 6.54 Å². The van der Waals surface area contributed by atoms with Gasteiger partial charge >= 0.3 is 0 Å². The van der Waals surface area contributed by atoms with Crippen LogP contribution in [0.3, 0.4) is 0 Å². The van der Waals surface area contributed by atoms with E-state index in [9.17, 15) is 0 Å². The molecule has 0 radical (unpaired) electrons. The molecule has 12 heavy (non-hydrogen) atoms. The van der Waals surface area contributed by atoms with Crippen molar-refractivity contribution in [1.82, 2.24) is 10.2 Å². The monoisotopic (exact) mass is 227 g/mol. The highest BCUT2D eigenvalue weighted by atomic mass is 79.9. The molecular formula is C8H10BrN3. The van der Waals surface area contributed by atoms with Gasteiger partial charge in [-0.25, -0.2) is 0 Å². The molecule has 0 unspecified atom stereocenters. The molecule has 0 spiro atoms. The zero-order valence-electron chi connectivity index (χ0n) is 6.84. The lowest BCUT2D eigenvalue weighted by atomic mass is 10.4. The number of aromatic nitrogens is 2. The second-order valence-corrected chi connectivity index (χ2v) is 3.55. The van der Waals surface area contributed by atoms with Crippen LogP contribution in [-0.4, -0.2) is 16.7 Å². The first kappa shape index (κ1) is 9.19. The molecule has 1 rings (SSSR count). The van der Waals surface area contributed by atoms with E-state index in [1.165, 1.54) is 0 Å². The fraction of sp³-hybridized carbons (Fsp3) is 0.250. The highest BCUT2D eigenvalue weighted by Crippen LogP contribution is 2.04. The molecule has 1 N–H and O–H groups in total. The zero-order chi connectivity index (χ0) is 8.97. The van der Waals surface area contributed by atoms with Gasteiger partial charge in [-0.2, -0.15) is 5.10 Å². The van der Waals surface area contributed by atoms with Gasteiger partial charge in [0.25, 0.3) is 0 Å². The Labute approximate surface area is 80.0 Å². The largest absolute Gasteiger partial charge is 0.364 e. The van der Waals surface area contributed by atoms with E-state index >= 15 is 0 Å². The van der Waals surface area contributed by atoms with Crippen LogP contribution in [0.25, 0.3) is 0 Å². The first-order valence-electron chi connectivity index (χ1n) is 3.56. The maximum atomic E-state index is 3.93. The molecule has 0 aromatic carbocycles. The molecule has 0 saturated heterocycles. The Morgan fingerprint density at radius 3 is 2.83 bits per heavy atom. The molecule has 0 bridgehead atoms. The van der Waals surface area contributed by atoms with Crippen LogP contribution in [0.1, 0.15) is 5.69 Å². The van der Waals surface area contributed by atoms with Gasteiger partial charge in [-0.05, 0) is 19.1 Å². The van der Waals surface area contributed by atoms with Crippen molar-refractivity contribution >= 4 is 21.7 Å². The van der Waals surface area contributed by atoms with Crippen molar-refractivity contribution in [2.45, 2.75) is 6.92 Å². The van der Waals surface area contributed by atoms with Crippen LogP contribution in [0, 0.1) is 6.92 Å². The SMILES string of the molecule is C=C(Br)CNc1ccc(C)nn1. The highest BCUT2D eigenvalue weighted by molar-refractivity contribution is 9.11. The van der Waals surface area contributed by atoms with Crippen molar-refractivity contribution in [1.29, 1.82) is 0 Å². The van der Waals surface area contributed by atoms with Gasteiger partial charge in [0.2, 0.25) is 0 Å². The summed E-state index contributed by atoms with van der Waals surface area (Å²) >= 11 is 3.24. The summed E-state index contributed by atoms with van der Waals surface area (Å²) in [5.74, 6) is 0.765. The van der Waals surface area contributed by atoms with E-state index in [1.54, 1.807) is 0 Å². The topological polar surface area (TPSA) is 37.8 Å². The zero-order valence-corrected chi connectivity index (χ0v) is 8.43. The summed E-state index contributed by atoms with van der Waals surface area (Å²) in [5, 5.41) is 10.9. The number of anilines is 1. The number of hydrogen-bond acceptors (Lipinski definition) is 3. The molecule has 3 nitrogen and oxygen atoms in total. The Morgan fingerprint density at radius 2 is 2.33 bits per heavy atom. The lowest BCUT2D eigenvalue weighted by Gasteiger charge is -2.02. The van der Waals surface area contributed by atoms with Crippen molar-refractivity contribution in [3.05, 3.63) is 28.9 Å². The molecule has 0 saturated carbocycles. The summed E-state index contributed by atoms with van der Waals surface area (Å²) in [6, 6.07) is 3.80. The van der Waals surface area contributed by atoms with Crippen LogP contribution in [0.4, 0.5) is 5.82 Å². The van der Waals surface area contributed by atoms with Crippen LogP contribution >= 0.6 is 15.9 Å². The Morgan fingerprint density at radius 1 is 1.58 bits per heavy atom. The average Bonchev–Trinajstić information content (AvgIpc) is 2.03. The minimum Gasteiger partial charge on any atom is -0.364 e. The van der Waals surface area contributed by atoms with E-state index in [4.69, 9.17) is 0 Å². The van der Waals surface area contributed by atoms with Crippen LogP contribution in [0.2, 0.25) is 0 Å². The Bertz CT molecular complexity index is 268. The predicted octanol–water partition coefficient (Wildman–Crippen LogP) is 2.11. The third kappa shape index (κ3) is 3.00. The molecule has 0 atom stereocenters. The number of rotatable bonds is 3. The first-order valence-corrected chi connectivity index (χ1v) is 4.35. The molecule has 0 aliphatic carbocycles. The predicted molar refractivity (Wildman–Crippen MR) is 53.3 cm³/mol. The van der Waals surface area contributed by atoms with Crippen molar-refractivity contribution < 1.29 is 0 Å². The van der Waals surface area contributed by atoms with Gasteiger partial charge < -0.3 is 5.32 Å². The highest BCUT2D eigenvalue weighted by Gasteiger charge is 1.93. The van der Waals surface area contributed by atoms with Gasteiger partial charge in [-0.3, -0.25) is 0 Å². The molecule has 1 heterocycles. The second-order valence-electron chi connectivity index (χ2n) is 2.43. The summed E-state index contributed by atoms with van der Waals surface area (Å²) < 4.78 is 0.893. The summed E-state index contributed by atoms with van der Waals surface area (Å²) in [4.78, 5) is 0. The summed E-state index contributed by atoms with van der Waals surface area (Å²) in [6.07, 6.45) is 0. The van der Waals surface area contributed by atoms with Crippen molar-refractivity contribution in [3.63, 3.8) is 0 Å². The molecule has 4 heteroatoms. The van der Waals surface area contributed by atoms with Crippen molar-refractivity contribution in [2.75, 3.05) is 11.9 Å². The first-order chi connectivity index (χ1) is 5.68. The Balaban J connectivity index is 2.53. The fourth-order valence-corrected chi connectivity index (χ4v) is 0.820. The molecule has 0 aliphatic heterocycles. The Hall–Kier alpha value is -0.900. The fourth-order valence-electron chi connectivity index (χ4n) is 0.680. The number of hydrogen-bond donors (Lipinski definition) is 1. The van der Waals surface area contributed by atoms with Gasteiger partial charge in [0.15, 0.2) is 0 Å². The number of nitrogens with one attached hydrogen (secondary N) is 1. The molecular weight excluding hydrogens is 218 g/mol. The standard InChI is InChI=1S/C8H10BrN3/c1-6(9)5-10-8-4-3-7(2)11-12-8/h3-4H,1,5H2,2H3,(H,10,12). The average molecular weight is 228 g/mol. The maximum absolute atomic E-state index is 3.93. The molecule has 64 valence electrons. The van der Waals surface area contributed by atoms with E-state index in [0.717, 1.165) is 16.0 Å². The molecule has 1 aromatic rings. The lowest BCUT2D eigenvalue weighted by Crippen LogP contribution is -2.03. The van der Waals surface area contributed by atoms with Crippen LogP contribution in [0.5, 0.6) is 0 Å². The Kier molecular flexibility index (Phi) is 3.22. The van der Waals surface area contributed by atoms with Crippen molar-refractivity contribution in [3.8, 4) is 0 Å². The third-order valence-corrected chi connectivity index (χ3v) is 1.54. The van der Waals surface area contributed by atoms with Gasteiger partial charge in [0.05, 0.1) is 5.69 Å². The number of nitrogens with zero attached hydrogens (tertiary/aromatic N) is 2. The second kappa shape index (κ2) is 4.21. The summed E-state index contributed by atoms with van der Waals surface area (Å²) in [7, 11) is 0. The van der Waals surface area contributed by atoms with E-state index in [2.05, 4.69) is 38.0 Å². The third-order valence-electron chi connectivity index (χ3n) is 1.26. The summed E-state index contributed by atoms with van der Waals surface area (Å²) in [6.45, 7) is 6.26. The van der Waals surface area contributed by atoms with Gasteiger partial charge in [0, 0.05) is 11.0 Å². The van der Waals surface area contributed by atoms with E-state index in [-0.39, 0.29) is 0 Å². The van der Waals surface area contributed by atoms with Crippen molar-refractivity contribution in [2.24, 2.45) is 0 Å². The quantitative estimate of drug-likeness (QED) is 0.860. The maximum Gasteiger partial charge on any atom is 0.148 e. The normalized spacial score (nSPS) is 9.50. The number of halogens is 1. The summed E-state index contributed by atoms with van der Waals surface area (Å²) in [5.41, 5.74) is 0.915. The molecule has 1 aromatic heterocycles. The van der Waals surface area contributed by atoms with Gasteiger partial charge in [-0.15, -0.1) is 5.10 Å². The van der Waals surface area contributed by atoms with Crippen LogP contribution < -0.4 is 5.32 Å². The smallest absolute Gasteiger partial charge is 0.148 e. The van der Waals surface area contributed by atoms with Crippen LogP contribution in [0.15, 0.2) is 23.2 Å². The van der Waals surface area contributed by atoms with E-state index in [1.807, 2.05) is 19.1 Å². The van der Waals surface area contributed by atoms with Gasteiger partial charge in [0.1, 0.15) is 5.82 Å². The number of aryl methyl sites for hydroxylation is 1. The molecule has 0 amide bonds. The minimum atomic E-state index is 0.664. The van der Waals surface area contributed by atoms with Gasteiger partial charge in [-0.1, -0.05) is 22.5 Å². The molecule has 0 aliphatic rings. The molecule has 0 fully saturated rings. The lowest BCUT2D eigenvalue weighted by molar-refractivity contribution is 0.976. The minimum absolute atomic E-state index is 0.664. The van der Waals surface area contributed by atoms with Crippen LogP contribution in [-0.2, 0) is 0 Å². The van der Waals surface area contributed by atoms with E-state index < -0.39 is 0 Å².